The van der Waals surface area contributed by atoms with Crippen LogP contribution in [0.2, 0.25) is 0 Å². The minimum Gasteiger partial charge on any atom is -0.477 e. The molecule has 0 saturated carbocycles. The number of amides is 3. The first-order chi connectivity index (χ1) is 18.9. The van der Waals surface area contributed by atoms with Gasteiger partial charge in [-0.1, -0.05) is 0 Å². The molecule has 1 aromatic rings. The van der Waals surface area contributed by atoms with E-state index >= 15 is 0 Å². The number of likely N-dealkylation sites (tertiary alicyclic amines) is 1. The van der Waals surface area contributed by atoms with Gasteiger partial charge in [0.15, 0.2) is 11.0 Å². The average Bonchev–Trinajstić information content (AvgIpc) is 3.63. The first kappa shape index (κ1) is 28.3. The highest BCUT2D eigenvalue weighted by molar-refractivity contribution is 8.00. The standard InChI is InChI=1S/C20H23N8O9PS2/c21-20-23-14(25-40-20)11(24-34)15(29)22-12-17(31)28-13(19(32)33)9(7-39-18(12)28)5-8-1-4-27(16(8)30)10-2-3-26(6-10)38(35,36)37/h5,10-12,18H,1-4,6-7H2,(H,22,29)(H,32,33)(H2,21,23,25)(H2,35,36,37)/b8-5+/t10-,11?,12-,18-/m1/s1. The van der Waals surface area contributed by atoms with Crippen molar-refractivity contribution < 1.29 is 38.6 Å². The van der Waals surface area contributed by atoms with Crippen molar-refractivity contribution in [1.82, 2.24) is 29.1 Å². The van der Waals surface area contributed by atoms with Gasteiger partial charge in [0.25, 0.3) is 11.8 Å². The van der Waals surface area contributed by atoms with Crippen LogP contribution in [0.5, 0.6) is 0 Å². The quantitative estimate of drug-likeness (QED) is 0.102. The second-order valence-corrected chi connectivity index (χ2v) is 12.8. The molecular weight excluding hydrogens is 591 g/mol. The number of fused-ring (bicyclic) bond motifs is 1. The zero-order chi connectivity index (χ0) is 28.9. The maximum absolute atomic E-state index is 13.1. The Hall–Kier alpha value is -3.22. The summed E-state index contributed by atoms with van der Waals surface area (Å²) < 4.78 is 16.4. The second kappa shape index (κ2) is 10.6. The summed E-state index contributed by atoms with van der Waals surface area (Å²) in [6, 6.07) is -3.14. The molecule has 17 nitrogen and oxygen atoms in total. The van der Waals surface area contributed by atoms with E-state index in [0.29, 0.717) is 25.0 Å². The number of nitrogen functional groups attached to an aromatic ring is 1. The number of carbonyl (C=O) groups excluding carboxylic acids is 3. The van der Waals surface area contributed by atoms with Crippen LogP contribution < -0.4 is 11.1 Å². The van der Waals surface area contributed by atoms with E-state index in [4.69, 9.17) is 5.73 Å². The summed E-state index contributed by atoms with van der Waals surface area (Å²) in [6.45, 7) is 0.501. The fourth-order valence-corrected chi connectivity index (χ4v) is 7.64. The van der Waals surface area contributed by atoms with Gasteiger partial charge in [-0.15, -0.1) is 16.7 Å². The van der Waals surface area contributed by atoms with E-state index in [0.717, 1.165) is 21.1 Å². The molecule has 4 atom stereocenters. The van der Waals surface area contributed by atoms with Gasteiger partial charge in [-0.2, -0.15) is 4.37 Å². The SMILES string of the molecule is Nc1nc(C(N=O)C(=O)N[C@@H]2C(=O)N3C(C(=O)O)=C(/C=C4\CCN([C@@H]5CCN(P(=O)(O)O)C5)C4=O)CS[C@H]23)ns1. The van der Waals surface area contributed by atoms with E-state index in [1.807, 2.05) is 0 Å². The fourth-order valence-electron chi connectivity index (χ4n) is 5.10. The molecule has 1 unspecified atom stereocenters. The van der Waals surface area contributed by atoms with E-state index < -0.39 is 43.0 Å². The Morgan fingerprint density at radius 3 is 2.62 bits per heavy atom. The van der Waals surface area contributed by atoms with Crippen LogP contribution in [0, 0.1) is 4.91 Å². The number of aromatic nitrogens is 2. The average molecular weight is 615 g/mol. The third-order valence-electron chi connectivity index (χ3n) is 7.01. The number of nitrogens with two attached hydrogens (primary N) is 1. The van der Waals surface area contributed by atoms with Crippen LogP contribution in [-0.4, -0.2) is 105 Å². The van der Waals surface area contributed by atoms with Gasteiger partial charge in [0.1, 0.15) is 17.1 Å². The number of nitroso groups, excluding NO2 is 1. The van der Waals surface area contributed by atoms with E-state index in [9.17, 15) is 43.5 Å². The van der Waals surface area contributed by atoms with Crippen LogP contribution in [0.25, 0.3) is 0 Å². The third kappa shape index (κ3) is 5.04. The van der Waals surface area contributed by atoms with Gasteiger partial charge in [-0.05, 0) is 29.7 Å². The van der Waals surface area contributed by atoms with Gasteiger partial charge in [0.2, 0.25) is 11.9 Å². The lowest BCUT2D eigenvalue weighted by Crippen LogP contribution is -2.70. The van der Waals surface area contributed by atoms with Crippen molar-refractivity contribution in [1.29, 1.82) is 0 Å². The highest BCUT2D eigenvalue weighted by Gasteiger charge is 2.54. The summed E-state index contributed by atoms with van der Waals surface area (Å²) in [7, 11) is -4.41. The number of hydrogen-bond donors (Lipinski definition) is 5. The van der Waals surface area contributed by atoms with Crippen LogP contribution in [-0.2, 0) is 23.7 Å². The van der Waals surface area contributed by atoms with E-state index in [1.54, 1.807) is 0 Å². The Morgan fingerprint density at radius 2 is 2.02 bits per heavy atom. The molecule has 0 radical (unpaired) electrons. The maximum atomic E-state index is 13.1. The van der Waals surface area contributed by atoms with Gasteiger partial charge < -0.3 is 30.8 Å². The van der Waals surface area contributed by atoms with Crippen molar-refractivity contribution in [3.63, 3.8) is 0 Å². The lowest BCUT2D eigenvalue weighted by molar-refractivity contribution is -0.150. The van der Waals surface area contributed by atoms with Gasteiger partial charge in [0.05, 0.1) is 0 Å². The van der Waals surface area contributed by atoms with Crippen molar-refractivity contribution >= 4 is 59.9 Å². The summed E-state index contributed by atoms with van der Waals surface area (Å²) in [5, 5.41) is 14.3. The Kier molecular flexibility index (Phi) is 7.53. The van der Waals surface area contributed by atoms with Crippen molar-refractivity contribution in [2.45, 2.75) is 36.3 Å². The molecule has 0 bridgehead atoms. The largest absolute Gasteiger partial charge is 0.477 e. The molecule has 40 heavy (non-hydrogen) atoms. The van der Waals surface area contributed by atoms with Crippen molar-refractivity contribution in [3.8, 4) is 0 Å². The Bertz CT molecular complexity index is 1410. The molecule has 3 fully saturated rings. The minimum atomic E-state index is -4.41. The third-order valence-corrected chi connectivity index (χ3v) is 9.97. The number of thioether (sulfide) groups is 1. The monoisotopic (exact) mass is 614 g/mol. The lowest BCUT2D eigenvalue weighted by atomic mass is 10.0. The molecule has 5 rings (SSSR count). The normalized spacial score (nSPS) is 27.1. The molecule has 3 saturated heterocycles. The molecule has 3 amide bonds. The zero-order valence-electron chi connectivity index (χ0n) is 20.4. The minimum absolute atomic E-state index is 0.0262. The van der Waals surface area contributed by atoms with Crippen LogP contribution in [0.3, 0.4) is 0 Å². The van der Waals surface area contributed by atoms with Crippen LogP contribution >= 0.6 is 31.0 Å². The number of β-lactam (4-membered cyclic amide) rings is 1. The van der Waals surface area contributed by atoms with E-state index in [2.05, 4.69) is 19.9 Å². The number of nitrogens with zero attached hydrogens (tertiary/aromatic N) is 6. The molecule has 20 heteroatoms. The topological polar surface area (TPSA) is 249 Å². The van der Waals surface area contributed by atoms with Crippen LogP contribution in [0.4, 0.5) is 5.13 Å². The molecule has 0 aliphatic carbocycles. The zero-order valence-corrected chi connectivity index (χ0v) is 23.0. The number of aliphatic carboxylic acids is 1. The number of carboxylic acids is 1. The molecule has 0 spiro atoms. The number of nitrogens with one attached hydrogen (secondary N) is 1. The maximum Gasteiger partial charge on any atom is 0.403 e. The summed E-state index contributed by atoms with van der Waals surface area (Å²) in [4.78, 5) is 87.3. The van der Waals surface area contributed by atoms with Gasteiger partial charge >= 0.3 is 13.7 Å². The number of hydrogen-bond acceptors (Lipinski definition) is 12. The predicted molar refractivity (Wildman–Crippen MR) is 139 cm³/mol. The van der Waals surface area contributed by atoms with E-state index in [1.165, 1.54) is 22.7 Å². The molecule has 0 aromatic carbocycles. The van der Waals surface area contributed by atoms with Crippen molar-refractivity contribution in [2.24, 2.45) is 5.18 Å². The first-order valence-electron chi connectivity index (χ1n) is 11.9. The number of carboxylic acid groups (broad SMARTS) is 1. The Labute approximate surface area is 233 Å². The molecule has 4 aliphatic heterocycles. The predicted octanol–water partition coefficient (Wildman–Crippen LogP) is -1.01. The highest BCUT2D eigenvalue weighted by atomic mass is 32.2. The number of anilines is 1. The number of carbonyl (C=O) groups is 4. The lowest BCUT2D eigenvalue weighted by Gasteiger charge is -2.49. The summed E-state index contributed by atoms with van der Waals surface area (Å²) in [5.41, 5.74) is 5.75. The molecule has 6 N–H and O–H groups in total. The van der Waals surface area contributed by atoms with Gasteiger partial charge in [-0.3, -0.25) is 19.3 Å². The number of rotatable bonds is 8. The van der Waals surface area contributed by atoms with E-state index in [-0.39, 0.29) is 53.0 Å². The molecule has 1 aromatic heterocycles. The van der Waals surface area contributed by atoms with Crippen molar-refractivity contribution in [2.75, 3.05) is 31.1 Å². The molecule has 4 aliphatic rings. The van der Waals surface area contributed by atoms with Gasteiger partial charge in [0, 0.05) is 48.5 Å². The molecule has 214 valence electrons. The van der Waals surface area contributed by atoms with Crippen LogP contribution in [0.1, 0.15) is 24.7 Å². The summed E-state index contributed by atoms with van der Waals surface area (Å²) in [5.74, 6) is -3.48. The smallest absolute Gasteiger partial charge is 0.403 e. The molecular formula is C20H23N8O9PS2. The van der Waals surface area contributed by atoms with Crippen molar-refractivity contribution in [3.05, 3.63) is 33.7 Å². The highest BCUT2D eigenvalue weighted by Crippen LogP contribution is 2.44. The summed E-state index contributed by atoms with van der Waals surface area (Å²) >= 11 is 1.95. The van der Waals surface area contributed by atoms with Gasteiger partial charge in [-0.25, -0.2) is 19.0 Å². The summed E-state index contributed by atoms with van der Waals surface area (Å²) in [6.07, 6.45) is 2.15. The fraction of sp³-hybridized carbons (Fsp3) is 0.500. The molecule has 5 heterocycles. The Balaban J connectivity index is 1.30. The number of allylic oxidation sites excluding steroid dienone is 1. The Morgan fingerprint density at radius 1 is 1.27 bits per heavy atom. The first-order valence-corrected chi connectivity index (χ1v) is 15.2. The second-order valence-electron chi connectivity index (χ2n) is 9.36. The van der Waals surface area contributed by atoms with Crippen LogP contribution in [0.15, 0.2) is 28.1 Å².